The van der Waals surface area contributed by atoms with Gasteiger partial charge in [-0.1, -0.05) is 13.8 Å². The molecule has 0 unspecified atom stereocenters. The van der Waals surface area contributed by atoms with Crippen LogP contribution in [0.15, 0.2) is 16.6 Å². The highest BCUT2D eigenvalue weighted by atomic mass is 79.9. The number of nitrogens with one attached hydrogen (secondary N) is 1. The Hall–Kier alpha value is -0.450. The largest absolute Gasteiger partial charge is 0.490 e. The van der Waals surface area contributed by atoms with Crippen LogP contribution in [0.1, 0.15) is 32.8 Å². The van der Waals surface area contributed by atoms with Crippen molar-refractivity contribution >= 4 is 28.3 Å². The van der Waals surface area contributed by atoms with E-state index in [1.54, 1.807) is 0 Å². The Morgan fingerprint density at radius 1 is 1.16 bits per heavy atom. The molecule has 0 spiro atoms. The Balaban J connectivity index is 0.00000324. The highest BCUT2D eigenvalue weighted by molar-refractivity contribution is 9.10. The van der Waals surface area contributed by atoms with Gasteiger partial charge in [-0.25, -0.2) is 0 Å². The van der Waals surface area contributed by atoms with E-state index in [4.69, 9.17) is 9.47 Å². The van der Waals surface area contributed by atoms with E-state index in [-0.39, 0.29) is 12.4 Å². The summed E-state index contributed by atoms with van der Waals surface area (Å²) in [4.78, 5) is 0. The van der Waals surface area contributed by atoms with Crippen molar-refractivity contribution in [1.29, 1.82) is 0 Å². The second kappa shape index (κ2) is 10.4. The average molecular weight is 353 g/mol. The molecule has 0 saturated heterocycles. The van der Waals surface area contributed by atoms with Crippen LogP contribution in [-0.4, -0.2) is 19.8 Å². The third kappa shape index (κ3) is 6.02. The Kier molecular flexibility index (Phi) is 10.1. The van der Waals surface area contributed by atoms with E-state index in [1.165, 1.54) is 5.56 Å². The Morgan fingerprint density at radius 2 is 1.89 bits per heavy atom. The van der Waals surface area contributed by atoms with Crippen LogP contribution in [0.2, 0.25) is 0 Å². The summed E-state index contributed by atoms with van der Waals surface area (Å²) in [6.45, 7) is 9.29. The maximum absolute atomic E-state index is 5.74. The van der Waals surface area contributed by atoms with E-state index < -0.39 is 0 Å². The smallest absolute Gasteiger partial charge is 0.175 e. The van der Waals surface area contributed by atoms with Gasteiger partial charge in [0, 0.05) is 6.54 Å². The van der Waals surface area contributed by atoms with Crippen molar-refractivity contribution in [2.45, 2.75) is 33.7 Å². The molecule has 1 N–H and O–H groups in total. The van der Waals surface area contributed by atoms with E-state index in [9.17, 15) is 0 Å². The summed E-state index contributed by atoms with van der Waals surface area (Å²) in [5.74, 6) is 1.62. The lowest BCUT2D eigenvalue weighted by molar-refractivity contribution is 0.275. The van der Waals surface area contributed by atoms with Gasteiger partial charge in [-0.3, -0.25) is 0 Å². The first kappa shape index (κ1) is 18.6. The highest BCUT2D eigenvalue weighted by Crippen LogP contribution is 2.37. The first-order chi connectivity index (χ1) is 8.72. The number of benzene rings is 1. The van der Waals surface area contributed by atoms with Crippen molar-refractivity contribution in [2.24, 2.45) is 0 Å². The van der Waals surface area contributed by atoms with Crippen LogP contribution < -0.4 is 14.8 Å². The maximum atomic E-state index is 5.74. The molecule has 1 aromatic carbocycles. The maximum Gasteiger partial charge on any atom is 0.175 e. The summed E-state index contributed by atoms with van der Waals surface area (Å²) in [6, 6.07) is 4.12. The molecule has 0 aliphatic carbocycles. The number of rotatable bonds is 8. The summed E-state index contributed by atoms with van der Waals surface area (Å²) < 4.78 is 12.3. The van der Waals surface area contributed by atoms with Gasteiger partial charge in [0.05, 0.1) is 17.7 Å². The van der Waals surface area contributed by atoms with Crippen LogP contribution in [0.5, 0.6) is 11.5 Å². The molecule has 0 amide bonds. The molecule has 0 bridgehead atoms. The fourth-order valence-electron chi connectivity index (χ4n) is 1.60. The van der Waals surface area contributed by atoms with Crippen LogP contribution in [0.4, 0.5) is 0 Å². The molecule has 0 heterocycles. The Bertz CT molecular complexity index is 375. The third-order valence-corrected chi connectivity index (χ3v) is 2.99. The monoisotopic (exact) mass is 351 g/mol. The van der Waals surface area contributed by atoms with E-state index >= 15 is 0 Å². The zero-order valence-electron chi connectivity index (χ0n) is 11.8. The SMILES string of the molecule is CCCOc1c(Br)cc(CNCC)cc1OCC.Cl. The minimum Gasteiger partial charge on any atom is -0.490 e. The second-order valence-corrected chi connectivity index (χ2v) is 4.82. The van der Waals surface area contributed by atoms with E-state index in [0.29, 0.717) is 13.2 Å². The minimum absolute atomic E-state index is 0. The van der Waals surface area contributed by atoms with Gasteiger partial charge in [0.2, 0.25) is 0 Å². The summed E-state index contributed by atoms with van der Waals surface area (Å²) in [5, 5.41) is 3.31. The Labute approximate surface area is 130 Å². The van der Waals surface area contributed by atoms with Crippen LogP contribution in [-0.2, 0) is 6.54 Å². The van der Waals surface area contributed by atoms with Gasteiger partial charge >= 0.3 is 0 Å². The van der Waals surface area contributed by atoms with Crippen LogP contribution >= 0.6 is 28.3 Å². The fraction of sp³-hybridized carbons (Fsp3) is 0.571. The van der Waals surface area contributed by atoms with Crippen molar-refractivity contribution in [3.63, 3.8) is 0 Å². The highest BCUT2D eigenvalue weighted by Gasteiger charge is 2.11. The molecule has 0 aromatic heterocycles. The molecule has 1 rings (SSSR count). The van der Waals surface area contributed by atoms with Gasteiger partial charge in [-0.15, -0.1) is 12.4 Å². The molecular formula is C14H23BrClNO2. The minimum atomic E-state index is 0. The van der Waals surface area contributed by atoms with Crippen molar-refractivity contribution in [3.05, 3.63) is 22.2 Å². The van der Waals surface area contributed by atoms with E-state index in [0.717, 1.165) is 35.5 Å². The standard InChI is InChI=1S/C14H22BrNO2.ClH/c1-4-7-18-14-12(15)8-11(10-16-5-2)9-13(14)17-6-3;/h8-9,16H,4-7,10H2,1-3H3;1H. The molecule has 3 nitrogen and oxygen atoms in total. The molecule has 0 aliphatic rings. The van der Waals surface area contributed by atoms with Gasteiger partial charge in [0.15, 0.2) is 11.5 Å². The summed E-state index contributed by atoms with van der Waals surface area (Å²) in [5.41, 5.74) is 1.19. The molecule has 5 heteroatoms. The van der Waals surface area contributed by atoms with Gasteiger partial charge < -0.3 is 14.8 Å². The Morgan fingerprint density at radius 3 is 2.47 bits per heavy atom. The zero-order chi connectivity index (χ0) is 13.4. The molecule has 0 atom stereocenters. The van der Waals surface area contributed by atoms with E-state index in [2.05, 4.69) is 41.2 Å². The number of ether oxygens (including phenoxy) is 2. The number of halogens is 2. The average Bonchev–Trinajstić information content (AvgIpc) is 2.36. The molecule has 0 radical (unpaired) electrons. The van der Waals surface area contributed by atoms with Crippen molar-refractivity contribution < 1.29 is 9.47 Å². The summed E-state index contributed by atoms with van der Waals surface area (Å²) in [6.07, 6.45) is 0.983. The second-order valence-electron chi connectivity index (χ2n) is 3.97. The summed E-state index contributed by atoms with van der Waals surface area (Å²) >= 11 is 3.56. The zero-order valence-corrected chi connectivity index (χ0v) is 14.2. The molecule has 0 aliphatic heterocycles. The van der Waals surface area contributed by atoms with Gasteiger partial charge in [-0.2, -0.15) is 0 Å². The van der Waals surface area contributed by atoms with Crippen molar-refractivity contribution in [3.8, 4) is 11.5 Å². The van der Waals surface area contributed by atoms with E-state index in [1.807, 2.05) is 13.0 Å². The normalized spacial score (nSPS) is 9.89. The predicted octanol–water partition coefficient (Wildman–Crippen LogP) is 4.17. The lowest BCUT2D eigenvalue weighted by Crippen LogP contribution is -2.12. The van der Waals surface area contributed by atoms with Crippen molar-refractivity contribution in [1.82, 2.24) is 5.32 Å². The first-order valence-corrected chi connectivity index (χ1v) is 7.30. The van der Waals surface area contributed by atoms with Crippen molar-refractivity contribution in [2.75, 3.05) is 19.8 Å². The summed E-state index contributed by atoms with van der Waals surface area (Å²) in [7, 11) is 0. The predicted molar refractivity (Wildman–Crippen MR) is 85.7 cm³/mol. The molecular weight excluding hydrogens is 330 g/mol. The third-order valence-electron chi connectivity index (χ3n) is 2.40. The van der Waals surface area contributed by atoms with Crippen LogP contribution in [0, 0.1) is 0 Å². The molecule has 0 saturated carbocycles. The van der Waals surface area contributed by atoms with Crippen LogP contribution in [0.25, 0.3) is 0 Å². The topological polar surface area (TPSA) is 30.5 Å². The molecule has 1 aromatic rings. The quantitative estimate of drug-likeness (QED) is 0.762. The molecule has 0 fully saturated rings. The fourth-order valence-corrected chi connectivity index (χ4v) is 2.20. The lowest BCUT2D eigenvalue weighted by Gasteiger charge is -2.15. The van der Waals surface area contributed by atoms with Gasteiger partial charge in [-0.05, 0) is 53.5 Å². The van der Waals surface area contributed by atoms with Gasteiger partial charge in [0.25, 0.3) is 0 Å². The first-order valence-electron chi connectivity index (χ1n) is 6.51. The lowest BCUT2D eigenvalue weighted by atomic mass is 10.2. The van der Waals surface area contributed by atoms with Crippen LogP contribution in [0.3, 0.4) is 0 Å². The molecule has 19 heavy (non-hydrogen) atoms. The molecule has 110 valence electrons. The van der Waals surface area contributed by atoms with Gasteiger partial charge in [0.1, 0.15) is 0 Å². The number of hydrogen-bond donors (Lipinski definition) is 1. The number of hydrogen-bond acceptors (Lipinski definition) is 3.